The standard InChI is InChI=1S/C52H73N5O8Si/c1-8-10-20-33-53-46(59)36-64-39-31-29-38(30-32-39)35-43-49(62)57-34-21-27-44(57)48(61)54-42(47(60)56-52(7,9-2)50(63)55-43)26-18-13-19-28-45(58)37(3)65-66(51(4,5)6,40-22-14-11-15-23-40)41-24-16-12-17-25-41/h11-12,14-17,22-25,29-32,37,42-44H,8-10,13,18-21,26-28,33-36H2,1-7H3,(H,53,59)(H,54,61)(H,55,63)(H,56,60)/t37-,42+,43+,44-,52+/m1/s1. The number of ether oxygens (including phenoxy) is 1. The average Bonchev–Trinajstić information content (AvgIpc) is 3.81. The molecule has 0 bridgehead atoms. The molecule has 0 aliphatic carbocycles. The topological polar surface area (TPSA) is 172 Å². The number of Topliss-reactive ketones (excluding diaryl/α,β-unsaturated/α-hetero) is 1. The highest BCUT2D eigenvalue weighted by atomic mass is 28.4. The number of hydrogen-bond donors (Lipinski definition) is 4. The molecular formula is C52H73N5O8Si. The lowest BCUT2D eigenvalue weighted by molar-refractivity contribution is -0.144. The molecule has 0 aromatic heterocycles. The van der Waals surface area contributed by atoms with Gasteiger partial charge in [-0.05, 0) is 85.5 Å². The van der Waals surface area contributed by atoms with E-state index < -0.39 is 55.8 Å². The van der Waals surface area contributed by atoms with Gasteiger partial charge < -0.3 is 35.3 Å². The highest BCUT2D eigenvalue weighted by molar-refractivity contribution is 6.99. The highest BCUT2D eigenvalue weighted by Crippen LogP contribution is 2.38. The Balaban J connectivity index is 1.21. The fraction of sp³-hybridized carbons (Fsp3) is 0.538. The molecule has 2 saturated heterocycles. The van der Waals surface area contributed by atoms with Crippen molar-refractivity contribution >= 4 is 54.0 Å². The quantitative estimate of drug-likeness (QED) is 0.0784. The summed E-state index contributed by atoms with van der Waals surface area (Å²) in [6, 6.07) is 24.7. The molecule has 2 aliphatic heterocycles. The first kappa shape index (κ1) is 51.6. The van der Waals surface area contributed by atoms with Crippen molar-refractivity contribution in [2.24, 2.45) is 0 Å². The largest absolute Gasteiger partial charge is 0.484 e. The van der Waals surface area contributed by atoms with Gasteiger partial charge in [-0.3, -0.25) is 28.8 Å². The lowest BCUT2D eigenvalue weighted by atomic mass is 9.94. The summed E-state index contributed by atoms with van der Waals surface area (Å²) in [7, 11) is -2.93. The number of ketones is 1. The molecule has 2 heterocycles. The predicted octanol–water partition coefficient (Wildman–Crippen LogP) is 5.66. The molecule has 3 aromatic rings. The van der Waals surface area contributed by atoms with E-state index in [1.807, 2.05) is 43.3 Å². The van der Waals surface area contributed by atoms with Crippen LogP contribution in [0, 0.1) is 0 Å². The van der Waals surface area contributed by atoms with Gasteiger partial charge >= 0.3 is 0 Å². The van der Waals surface area contributed by atoms with Gasteiger partial charge in [-0.25, -0.2) is 0 Å². The van der Waals surface area contributed by atoms with Crippen LogP contribution in [0.2, 0.25) is 5.04 Å². The Kier molecular flexibility index (Phi) is 18.7. The third-order valence-electron chi connectivity index (χ3n) is 13.2. The van der Waals surface area contributed by atoms with Crippen LogP contribution in [0.1, 0.15) is 125 Å². The third kappa shape index (κ3) is 13.2. The summed E-state index contributed by atoms with van der Waals surface area (Å²) < 4.78 is 12.7. The first-order chi connectivity index (χ1) is 31.5. The van der Waals surface area contributed by atoms with Gasteiger partial charge in [0.1, 0.15) is 35.5 Å². The maximum Gasteiger partial charge on any atom is 0.262 e. The van der Waals surface area contributed by atoms with Gasteiger partial charge in [-0.1, -0.05) is 133 Å². The van der Waals surface area contributed by atoms with Gasteiger partial charge in [0.25, 0.3) is 14.2 Å². The van der Waals surface area contributed by atoms with Crippen LogP contribution in [0.25, 0.3) is 0 Å². The SMILES string of the molecule is CCCCCNC(=O)COc1ccc(C[C@@H]2NC(=O)[C@](C)(CC)NC(=O)[C@H](CCCCCC(=O)[C@@H](C)O[Si](c3ccccc3)(c3ccccc3)C(C)(C)C)NC(=O)[C@H]3CCCN3C2=O)cc1. The number of carbonyl (C=O) groups excluding carboxylic acids is 6. The second kappa shape index (κ2) is 23.9. The Morgan fingerprint density at radius 2 is 1.48 bits per heavy atom. The molecule has 14 heteroatoms. The summed E-state index contributed by atoms with van der Waals surface area (Å²) in [6.07, 6.45) is 6.08. The normalized spacial score (nSPS) is 21.1. The van der Waals surface area contributed by atoms with Crippen molar-refractivity contribution < 1.29 is 37.9 Å². The van der Waals surface area contributed by atoms with Crippen molar-refractivity contribution in [3.63, 3.8) is 0 Å². The zero-order chi connectivity index (χ0) is 47.9. The molecule has 2 aliphatic rings. The van der Waals surface area contributed by atoms with E-state index in [0.29, 0.717) is 57.4 Å². The van der Waals surface area contributed by atoms with Crippen molar-refractivity contribution in [3.05, 3.63) is 90.5 Å². The van der Waals surface area contributed by atoms with Crippen LogP contribution in [0.4, 0.5) is 0 Å². The summed E-state index contributed by atoms with van der Waals surface area (Å²) in [5.74, 6) is -1.48. The van der Waals surface area contributed by atoms with Crippen molar-refractivity contribution in [1.29, 1.82) is 0 Å². The van der Waals surface area contributed by atoms with Crippen LogP contribution >= 0.6 is 0 Å². The van der Waals surface area contributed by atoms with Gasteiger partial charge in [-0.15, -0.1) is 0 Å². The van der Waals surface area contributed by atoms with Gasteiger partial charge in [-0.2, -0.15) is 0 Å². The summed E-state index contributed by atoms with van der Waals surface area (Å²) in [6.45, 7) is 14.7. The number of nitrogens with one attached hydrogen (secondary N) is 4. The van der Waals surface area contributed by atoms with E-state index in [1.165, 1.54) is 4.90 Å². The number of fused-ring (bicyclic) bond motifs is 1. The zero-order valence-corrected chi connectivity index (χ0v) is 41.2. The molecule has 4 N–H and O–H groups in total. The summed E-state index contributed by atoms with van der Waals surface area (Å²) in [4.78, 5) is 83.9. The number of unbranched alkanes of at least 4 members (excludes halogenated alkanes) is 4. The molecule has 5 atom stereocenters. The highest BCUT2D eigenvalue weighted by Gasteiger charge is 2.51. The Labute approximate surface area is 393 Å². The van der Waals surface area contributed by atoms with E-state index in [2.05, 4.69) is 73.2 Å². The first-order valence-corrected chi connectivity index (χ1v) is 26.0. The Morgan fingerprint density at radius 1 is 0.833 bits per heavy atom. The second-order valence-electron chi connectivity index (χ2n) is 19.1. The minimum atomic E-state index is -2.93. The summed E-state index contributed by atoms with van der Waals surface area (Å²) in [5.41, 5.74) is -0.646. The molecule has 0 radical (unpaired) electrons. The van der Waals surface area contributed by atoms with Gasteiger partial charge in [0.05, 0.1) is 0 Å². The summed E-state index contributed by atoms with van der Waals surface area (Å²) >= 11 is 0. The lowest BCUT2D eigenvalue weighted by Crippen LogP contribution is -2.68. The van der Waals surface area contributed by atoms with Crippen molar-refractivity contribution in [1.82, 2.24) is 26.2 Å². The van der Waals surface area contributed by atoms with Crippen LogP contribution in [0.5, 0.6) is 5.75 Å². The van der Waals surface area contributed by atoms with Crippen LogP contribution in [0.15, 0.2) is 84.9 Å². The van der Waals surface area contributed by atoms with E-state index in [1.54, 1.807) is 38.1 Å². The van der Waals surface area contributed by atoms with Crippen LogP contribution in [0.3, 0.4) is 0 Å². The van der Waals surface area contributed by atoms with E-state index in [4.69, 9.17) is 9.16 Å². The van der Waals surface area contributed by atoms with Gasteiger partial charge in [0.2, 0.25) is 23.6 Å². The Hall–Kier alpha value is -5.34. The molecule has 5 amide bonds. The van der Waals surface area contributed by atoms with Crippen molar-refractivity contribution in [2.75, 3.05) is 19.7 Å². The molecule has 2 fully saturated rings. The molecule has 358 valence electrons. The molecule has 0 unspecified atom stereocenters. The van der Waals surface area contributed by atoms with E-state index in [0.717, 1.165) is 35.2 Å². The number of nitrogens with zero attached hydrogens (tertiary/aromatic N) is 1. The average molecular weight is 924 g/mol. The molecule has 0 saturated carbocycles. The van der Waals surface area contributed by atoms with Gasteiger partial charge in [0.15, 0.2) is 12.4 Å². The van der Waals surface area contributed by atoms with Crippen LogP contribution in [-0.4, -0.2) is 98.0 Å². The zero-order valence-electron chi connectivity index (χ0n) is 40.2. The number of amides is 5. The van der Waals surface area contributed by atoms with Crippen LogP contribution < -0.4 is 36.4 Å². The van der Waals surface area contributed by atoms with E-state index >= 15 is 0 Å². The van der Waals surface area contributed by atoms with Crippen molar-refractivity contribution in [2.45, 2.75) is 160 Å². The first-order valence-electron chi connectivity index (χ1n) is 24.1. The number of benzene rings is 3. The monoisotopic (exact) mass is 924 g/mol. The lowest BCUT2D eigenvalue weighted by Gasteiger charge is -2.44. The molecule has 3 aromatic carbocycles. The van der Waals surface area contributed by atoms with E-state index in [9.17, 15) is 28.8 Å². The predicted molar refractivity (Wildman–Crippen MR) is 260 cm³/mol. The maximum atomic E-state index is 14.3. The minimum Gasteiger partial charge on any atom is -0.484 e. The van der Waals surface area contributed by atoms with Crippen LogP contribution in [-0.2, 0) is 39.6 Å². The smallest absolute Gasteiger partial charge is 0.262 e. The molecule has 0 spiro atoms. The van der Waals surface area contributed by atoms with E-state index in [-0.39, 0.29) is 48.5 Å². The minimum absolute atomic E-state index is 0.00866. The van der Waals surface area contributed by atoms with Gasteiger partial charge in [0, 0.05) is 25.9 Å². The second-order valence-corrected chi connectivity index (χ2v) is 23.4. The molecule has 66 heavy (non-hydrogen) atoms. The molecular weight excluding hydrogens is 851 g/mol. The third-order valence-corrected chi connectivity index (χ3v) is 18.3. The number of carbonyl (C=O) groups is 6. The number of rotatable bonds is 21. The number of hydrogen-bond acceptors (Lipinski definition) is 8. The summed E-state index contributed by atoms with van der Waals surface area (Å²) in [5, 5.41) is 13.6. The maximum absolute atomic E-state index is 14.3. The Bertz CT molecular complexity index is 2060. The fourth-order valence-corrected chi connectivity index (χ4v) is 13.7. The molecule has 13 nitrogen and oxygen atoms in total. The fourth-order valence-electron chi connectivity index (χ4n) is 9.03. The van der Waals surface area contributed by atoms with Crippen molar-refractivity contribution in [3.8, 4) is 5.75 Å². The Morgan fingerprint density at radius 3 is 2.09 bits per heavy atom. The molecule has 5 rings (SSSR count).